The Bertz CT molecular complexity index is 2880. The van der Waals surface area contributed by atoms with Gasteiger partial charge in [-0.05, 0) is 6.07 Å². The number of imidazole rings is 2. The van der Waals surface area contributed by atoms with Crippen LogP contribution in [0.5, 0.6) is 0 Å². The molecule has 8 heterocycles. The molecule has 0 bridgehead atoms. The summed E-state index contributed by atoms with van der Waals surface area (Å²) in [7, 11) is -16.2. The number of aliphatic hydroxyl groups is 4. The predicted octanol–water partition coefficient (Wildman–Crippen LogP) is -4.79. The summed E-state index contributed by atoms with van der Waals surface area (Å²) in [5.74, 6) is -0.626. The van der Waals surface area contributed by atoms with E-state index in [2.05, 4.69) is 39.4 Å². The molecule has 0 amide bonds. The second-order valence-corrected chi connectivity index (χ2v) is 18.6. The molecule has 0 spiro atoms. The van der Waals surface area contributed by atoms with Gasteiger partial charge < -0.3 is 71.4 Å². The molecule has 3 fully saturated rings. The van der Waals surface area contributed by atoms with Crippen LogP contribution in [0, 0.1) is 0 Å². The van der Waals surface area contributed by atoms with E-state index in [1.807, 2.05) is 0 Å². The lowest BCUT2D eigenvalue weighted by Gasteiger charge is -2.26. The van der Waals surface area contributed by atoms with Gasteiger partial charge >= 0.3 is 29.2 Å². The third-order valence-electron chi connectivity index (χ3n) is 10.2. The van der Waals surface area contributed by atoms with Crippen molar-refractivity contribution in [3.8, 4) is 0 Å². The third-order valence-corrected chi connectivity index (χ3v) is 12.6. The number of anilines is 3. The van der Waals surface area contributed by atoms with Crippen LogP contribution in [0.25, 0.3) is 22.3 Å². The highest BCUT2D eigenvalue weighted by molar-refractivity contribution is 7.47. The summed E-state index contributed by atoms with van der Waals surface area (Å²) in [6.45, 7) is -3.20. The summed E-state index contributed by atoms with van der Waals surface area (Å²) in [6, 6.07) is 1.20. The van der Waals surface area contributed by atoms with Crippen molar-refractivity contribution in [2.75, 3.05) is 37.0 Å². The van der Waals surface area contributed by atoms with E-state index in [1.165, 1.54) is 6.07 Å². The number of nitrogens with two attached hydrogens (primary N) is 3. The van der Waals surface area contributed by atoms with Crippen LogP contribution in [0.3, 0.4) is 0 Å². The van der Waals surface area contributed by atoms with Crippen LogP contribution in [0.15, 0.2) is 40.8 Å². The summed E-state index contributed by atoms with van der Waals surface area (Å²) in [4.78, 5) is 91.0. The van der Waals surface area contributed by atoms with Gasteiger partial charge in [-0.15, -0.1) is 0 Å². The molecular weight excluding hydrogens is 959 g/mol. The Labute approximate surface area is 364 Å². The molecule has 0 aromatic carbocycles. The molecule has 15 N–H and O–H groups in total. The predicted molar refractivity (Wildman–Crippen MR) is 210 cm³/mol. The quantitative estimate of drug-likeness (QED) is 0.0413. The normalized spacial score (nSPS) is 31.2. The number of aliphatic hydroxyl groups excluding tert-OH is 4. The molecule has 3 aliphatic rings. The van der Waals surface area contributed by atoms with Gasteiger partial charge in [-0.1, -0.05) is 0 Å². The number of rotatable bonds is 16. The van der Waals surface area contributed by atoms with Crippen LogP contribution in [-0.4, -0.2) is 163 Å². The van der Waals surface area contributed by atoms with E-state index in [0.29, 0.717) is 0 Å². The van der Waals surface area contributed by atoms with E-state index in [4.69, 9.17) is 49.5 Å². The second kappa shape index (κ2) is 18.0. The average Bonchev–Trinajstić information content (AvgIpc) is 4.04. The first-order valence-corrected chi connectivity index (χ1v) is 23.2. The zero-order chi connectivity index (χ0) is 47.6. The van der Waals surface area contributed by atoms with Crippen molar-refractivity contribution in [2.24, 2.45) is 0 Å². The van der Waals surface area contributed by atoms with E-state index in [-0.39, 0.29) is 34.0 Å². The Kier molecular flexibility index (Phi) is 13.0. The molecule has 37 heteroatoms. The van der Waals surface area contributed by atoms with Crippen LogP contribution in [0.2, 0.25) is 0 Å². The highest BCUT2D eigenvalue weighted by Gasteiger charge is 2.53. The number of ether oxygens (including phenoxy) is 3. The number of nitrogens with zero attached hydrogens (tertiary/aromatic N) is 9. The Morgan fingerprint density at radius 2 is 1.18 bits per heavy atom. The van der Waals surface area contributed by atoms with Gasteiger partial charge in [0.2, 0.25) is 5.95 Å². The van der Waals surface area contributed by atoms with E-state index >= 15 is 0 Å². The minimum absolute atomic E-state index is 0.00225. The van der Waals surface area contributed by atoms with Gasteiger partial charge in [0.25, 0.3) is 5.56 Å². The summed E-state index contributed by atoms with van der Waals surface area (Å²) in [5.41, 5.74) is 14.7. The molecule has 3 saturated heterocycles. The average molecular weight is 998 g/mol. The minimum atomic E-state index is -5.54. The van der Waals surface area contributed by atoms with Crippen LogP contribution in [-0.2, 0) is 50.5 Å². The number of aromatic amines is 1. The number of aromatic nitrogens is 10. The molecular formula is C29H38N13O21P3. The number of fused-ring (bicyclic) bond motifs is 2. The molecule has 360 valence electrons. The van der Waals surface area contributed by atoms with Gasteiger partial charge in [0.15, 0.2) is 41.3 Å². The molecule has 5 aromatic rings. The number of nitrogens with one attached hydrogen (secondary N) is 1. The van der Waals surface area contributed by atoms with E-state index in [1.54, 1.807) is 0 Å². The van der Waals surface area contributed by atoms with Crippen molar-refractivity contribution >= 4 is 63.4 Å². The fourth-order valence-electron chi connectivity index (χ4n) is 7.20. The number of phosphoric acid groups is 3. The van der Waals surface area contributed by atoms with Gasteiger partial charge in [0, 0.05) is 6.20 Å². The van der Waals surface area contributed by atoms with Crippen molar-refractivity contribution in [1.82, 2.24) is 48.6 Å². The third kappa shape index (κ3) is 9.65. The topological polar surface area (TPSA) is 507 Å². The summed E-state index contributed by atoms with van der Waals surface area (Å²) < 4.78 is 83.9. The molecule has 34 nitrogen and oxygen atoms in total. The summed E-state index contributed by atoms with van der Waals surface area (Å²) >= 11 is 0. The maximum Gasteiger partial charge on any atom is 0.472 e. The Morgan fingerprint density at radius 3 is 1.77 bits per heavy atom. The van der Waals surface area contributed by atoms with Crippen molar-refractivity contribution in [3.63, 3.8) is 0 Å². The first-order valence-electron chi connectivity index (χ1n) is 18.7. The molecule has 14 atom stereocenters. The fourth-order valence-corrected chi connectivity index (χ4v) is 9.47. The van der Waals surface area contributed by atoms with Gasteiger partial charge in [-0.3, -0.25) is 46.1 Å². The smallest absolute Gasteiger partial charge is 0.387 e. The highest BCUT2D eigenvalue weighted by atomic mass is 31.2. The summed E-state index contributed by atoms with van der Waals surface area (Å²) in [6.07, 6.45) is -17.5. The maximum atomic E-state index is 13.6. The van der Waals surface area contributed by atoms with Crippen LogP contribution in [0.4, 0.5) is 17.6 Å². The molecule has 0 radical (unpaired) electrons. The minimum Gasteiger partial charge on any atom is -0.387 e. The van der Waals surface area contributed by atoms with E-state index in [9.17, 15) is 63.3 Å². The van der Waals surface area contributed by atoms with Crippen molar-refractivity contribution in [2.45, 2.75) is 73.6 Å². The standard InChI is InChI=1S/C29H38N13O21P3/c30-12-1-2-40(29(48)37-12)25-16(44)15(43)9(59-25)3-57-65(52,53)63-20-11(61-27(18(20)46)42-8-36-14-23(42)38-28(32)39-24(14)47)5-58-66(54,55)62-19-10(4-56-64(49,50)51)60-26(17(19)45)41-7-35-13-21(31)33-6-34-22(13)41/h1-2,6-11,15-20,25-27,43-46H,3-5H2,(H,52,53)(H,54,55)(H2,30,37,48)(H2,31,33,34)(H2,49,50,51)(H3,32,38,39,47)/t9-,10-,11-,15-,16-,17-,18-,19-,20-,25-,26-,27-/m1/s1. The lowest BCUT2D eigenvalue weighted by atomic mass is 10.1. The number of H-pyrrole nitrogens is 1. The first-order chi connectivity index (χ1) is 31.0. The van der Waals surface area contributed by atoms with Crippen molar-refractivity contribution < 1.29 is 90.5 Å². The van der Waals surface area contributed by atoms with Crippen molar-refractivity contribution in [1.29, 1.82) is 0 Å². The van der Waals surface area contributed by atoms with Crippen LogP contribution < -0.4 is 28.5 Å². The van der Waals surface area contributed by atoms with Gasteiger partial charge in [-0.2, -0.15) is 9.97 Å². The SMILES string of the molecule is Nc1ccn([C@@H]2O[C@H](COP(=O)(O)O[C@H]3[C@@H](O)[C@H](n4cnc5c(=O)[nH]c(N)nc54)O[C@@H]3COP(=O)(O)O[C@H]3[C@@H](O)[C@H](n4cnc5c(N)ncnc54)O[C@@H]3COP(=O)(O)O)[C@@H](O)[C@H]2O)c(=O)n1. The first kappa shape index (κ1) is 47.7. The zero-order valence-electron chi connectivity index (χ0n) is 32.9. The van der Waals surface area contributed by atoms with Crippen LogP contribution >= 0.6 is 23.5 Å². The zero-order valence-corrected chi connectivity index (χ0v) is 35.6. The van der Waals surface area contributed by atoms with Crippen molar-refractivity contribution in [3.05, 3.63) is 52.1 Å². The molecule has 5 aromatic heterocycles. The Morgan fingerprint density at radius 1 is 0.652 bits per heavy atom. The second-order valence-electron chi connectivity index (χ2n) is 14.5. The fraction of sp³-hybridized carbons (Fsp3) is 0.517. The molecule has 0 saturated carbocycles. The molecule has 3 aliphatic heterocycles. The molecule has 2 unspecified atom stereocenters. The Hall–Kier alpha value is -4.77. The van der Waals surface area contributed by atoms with Crippen LogP contribution in [0.1, 0.15) is 18.7 Å². The van der Waals surface area contributed by atoms with E-state index in [0.717, 1.165) is 38.9 Å². The lowest BCUT2D eigenvalue weighted by Crippen LogP contribution is -2.38. The lowest BCUT2D eigenvalue weighted by molar-refractivity contribution is -0.0630. The van der Waals surface area contributed by atoms with Gasteiger partial charge in [-0.25, -0.2) is 38.4 Å². The van der Waals surface area contributed by atoms with Gasteiger partial charge in [0.1, 0.15) is 72.6 Å². The molecule has 0 aliphatic carbocycles. The summed E-state index contributed by atoms with van der Waals surface area (Å²) in [5, 5.41) is 44.1. The maximum absolute atomic E-state index is 13.6. The number of nitrogen functional groups attached to an aromatic ring is 3. The van der Waals surface area contributed by atoms with E-state index < -0.39 is 134 Å². The Balaban J connectivity index is 1.01. The monoisotopic (exact) mass is 997 g/mol. The molecule has 66 heavy (non-hydrogen) atoms. The highest BCUT2D eigenvalue weighted by Crippen LogP contribution is 2.53. The molecule has 8 rings (SSSR count). The number of hydrogen-bond donors (Lipinski definition) is 12. The number of phosphoric ester groups is 3. The van der Waals surface area contributed by atoms with Gasteiger partial charge in [0.05, 0.1) is 32.5 Å². The number of hydrogen-bond acceptors (Lipinski definition) is 26. The largest absolute Gasteiger partial charge is 0.472 e.